The Kier molecular flexibility index (Phi) is 16.1. The minimum absolute atomic E-state index is 0.105. The molecule has 0 N–H and O–H groups in total. The number of nitrogens with zero attached hydrogens (tertiary/aromatic N) is 1. The summed E-state index contributed by atoms with van der Waals surface area (Å²) >= 11 is 0. The number of rotatable bonds is 23. The van der Waals surface area contributed by atoms with Gasteiger partial charge >= 0.3 is 0 Å². The molecule has 1 heterocycles. The number of hydrogen-bond acceptors (Lipinski definition) is 9. The lowest BCUT2D eigenvalue weighted by Crippen LogP contribution is -2.33. The largest absolute Gasteiger partial charge is 0.377 e. The van der Waals surface area contributed by atoms with Crippen LogP contribution in [-0.2, 0) is 33.2 Å². The summed E-state index contributed by atoms with van der Waals surface area (Å²) in [7, 11) is 0. The van der Waals surface area contributed by atoms with Gasteiger partial charge in [-0.15, -0.1) is 0 Å². The summed E-state index contributed by atoms with van der Waals surface area (Å²) < 4.78 is 49.0. The molecule has 0 saturated carbocycles. The van der Waals surface area contributed by atoms with Crippen molar-refractivity contribution in [2.75, 3.05) is 106 Å². The highest BCUT2D eigenvalue weighted by molar-refractivity contribution is 6.21. The van der Waals surface area contributed by atoms with Crippen LogP contribution in [-0.4, -0.2) is 122 Å². The van der Waals surface area contributed by atoms with Gasteiger partial charge in [-0.05, 0) is 12.1 Å². The molecule has 0 saturated heterocycles. The highest BCUT2D eigenvalue weighted by Crippen LogP contribution is 2.21. The standard InChI is InChI=1S/C24H36FNO9/c25-5-7-29-9-11-31-13-15-33-17-19-35-20-18-34-16-14-32-12-10-30-8-6-26-23(27)21-3-1-2-4-22(21)24(26)28/h1-4H,5-20H2. The van der Waals surface area contributed by atoms with Crippen molar-refractivity contribution in [2.45, 2.75) is 0 Å². The maximum absolute atomic E-state index is 12.2. The van der Waals surface area contributed by atoms with E-state index in [1.807, 2.05) is 0 Å². The zero-order valence-electron chi connectivity index (χ0n) is 20.1. The first-order valence-electron chi connectivity index (χ1n) is 11.8. The number of alkyl halides is 1. The number of ether oxygens (including phenoxy) is 7. The quantitative estimate of drug-likeness (QED) is 0.163. The Hall–Kier alpha value is -1.99. The molecule has 1 aliphatic rings. The first-order valence-corrected chi connectivity index (χ1v) is 11.8. The van der Waals surface area contributed by atoms with Crippen LogP contribution in [0.4, 0.5) is 4.39 Å². The minimum atomic E-state index is -0.482. The predicted octanol–water partition coefficient (Wildman–Crippen LogP) is 1.37. The topological polar surface area (TPSA) is 102 Å². The second-order valence-corrected chi connectivity index (χ2v) is 7.28. The number of fused-ring (bicyclic) bond motifs is 1. The second-order valence-electron chi connectivity index (χ2n) is 7.28. The SMILES string of the molecule is O=C1c2ccccc2C(=O)N1CCOCCOCCOCCOCCOCCOCCOCCF. The van der Waals surface area contributed by atoms with Crippen LogP contribution in [0, 0.1) is 0 Å². The van der Waals surface area contributed by atoms with E-state index in [1.54, 1.807) is 24.3 Å². The van der Waals surface area contributed by atoms with Gasteiger partial charge in [0.05, 0.1) is 110 Å². The van der Waals surface area contributed by atoms with Crippen LogP contribution >= 0.6 is 0 Å². The average molecular weight is 502 g/mol. The maximum atomic E-state index is 12.2. The average Bonchev–Trinajstić information content (AvgIpc) is 3.12. The minimum Gasteiger partial charge on any atom is -0.377 e. The van der Waals surface area contributed by atoms with Gasteiger partial charge in [-0.25, -0.2) is 4.39 Å². The Labute approximate surface area is 205 Å². The summed E-state index contributed by atoms with van der Waals surface area (Å²) in [4.78, 5) is 25.7. The van der Waals surface area contributed by atoms with Crippen LogP contribution in [0.5, 0.6) is 0 Å². The molecule has 2 rings (SSSR count). The molecule has 35 heavy (non-hydrogen) atoms. The van der Waals surface area contributed by atoms with Crippen molar-refractivity contribution < 1.29 is 47.1 Å². The maximum Gasteiger partial charge on any atom is 0.261 e. The van der Waals surface area contributed by atoms with E-state index < -0.39 is 6.67 Å². The number of benzene rings is 1. The van der Waals surface area contributed by atoms with Gasteiger partial charge in [0.25, 0.3) is 11.8 Å². The normalized spacial score (nSPS) is 13.1. The first-order chi connectivity index (χ1) is 17.3. The number of carbonyl (C=O) groups excluding carboxylic acids is 2. The van der Waals surface area contributed by atoms with E-state index in [-0.39, 0.29) is 31.6 Å². The number of imide groups is 1. The van der Waals surface area contributed by atoms with Gasteiger partial charge in [-0.3, -0.25) is 14.5 Å². The molecule has 0 bridgehead atoms. The fraction of sp³-hybridized carbons (Fsp3) is 0.667. The van der Waals surface area contributed by atoms with Gasteiger partial charge in [-0.1, -0.05) is 12.1 Å². The summed E-state index contributed by atoms with van der Waals surface area (Å²) in [6, 6.07) is 6.80. The van der Waals surface area contributed by atoms with Gasteiger partial charge in [0.1, 0.15) is 6.67 Å². The number of halogens is 1. The highest BCUT2D eigenvalue weighted by Gasteiger charge is 2.34. The lowest BCUT2D eigenvalue weighted by atomic mass is 10.1. The summed E-state index contributed by atoms with van der Waals surface area (Å²) in [6.07, 6.45) is 0. The first kappa shape index (κ1) is 29.2. The van der Waals surface area contributed by atoms with Gasteiger partial charge in [0, 0.05) is 0 Å². The molecule has 10 nitrogen and oxygen atoms in total. The van der Waals surface area contributed by atoms with Gasteiger partial charge in [-0.2, -0.15) is 0 Å². The number of carbonyl (C=O) groups is 2. The van der Waals surface area contributed by atoms with Crippen molar-refractivity contribution in [3.05, 3.63) is 35.4 Å². The lowest BCUT2D eigenvalue weighted by molar-refractivity contribution is -0.0210. The van der Waals surface area contributed by atoms with Crippen LogP contribution in [0.25, 0.3) is 0 Å². The fourth-order valence-corrected chi connectivity index (χ4v) is 3.07. The smallest absolute Gasteiger partial charge is 0.261 e. The van der Waals surface area contributed by atoms with Crippen LogP contribution in [0.2, 0.25) is 0 Å². The Morgan fingerprint density at radius 2 is 0.829 bits per heavy atom. The molecular weight excluding hydrogens is 465 g/mol. The molecule has 0 radical (unpaired) electrons. The summed E-state index contributed by atoms with van der Waals surface area (Å²) in [5.74, 6) is -0.558. The van der Waals surface area contributed by atoms with Crippen molar-refractivity contribution in [3.8, 4) is 0 Å². The molecule has 1 aromatic carbocycles. The van der Waals surface area contributed by atoms with Gasteiger partial charge in [0.15, 0.2) is 0 Å². The van der Waals surface area contributed by atoms with E-state index in [0.29, 0.717) is 90.4 Å². The second kappa shape index (κ2) is 19.2. The van der Waals surface area contributed by atoms with E-state index in [2.05, 4.69) is 0 Å². The summed E-state index contributed by atoms with van der Waals surface area (Å²) in [6.45, 7) is 5.33. The van der Waals surface area contributed by atoms with Crippen LogP contribution in [0.3, 0.4) is 0 Å². The molecule has 0 fully saturated rings. The Bertz CT molecular complexity index is 687. The third-order valence-electron chi connectivity index (χ3n) is 4.79. The van der Waals surface area contributed by atoms with Crippen molar-refractivity contribution in [2.24, 2.45) is 0 Å². The fourth-order valence-electron chi connectivity index (χ4n) is 3.07. The molecule has 198 valence electrons. The molecule has 0 aromatic heterocycles. The Balaban J connectivity index is 1.27. The van der Waals surface area contributed by atoms with Crippen molar-refractivity contribution in [1.82, 2.24) is 4.90 Å². The highest BCUT2D eigenvalue weighted by atomic mass is 19.1. The van der Waals surface area contributed by atoms with Crippen LogP contribution in [0.15, 0.2) is 24.3 Å². The molecule has 0 spiro atoms. The molecule has 2 amide bonds. The predicted molar refractivity (Wildman–Crippen MR) is 124 cm³/mol. The van der Waals surface area contributed by atoms with E-state index in [0.717, 1.165) is 0 Å². The number of amides is 2. The molecule has 1 aliphatic heterocycles. The molecule has 0 aliphatic carbocycles. The van der Waals surface area contributed by atoms with Crippen molar-refractivity contribution in [1.29, 1.82) is 0 Å². The molecule has 11 heteroatoms. The molecule has 0 atom stereocenters. The van der Waals surface area contributed by atoms with Crippen molar-refractivity contribution >= 4 is 11.8 Å². The zero-order chi connectivity index (χ0) is 25.0. The molecule has 0 unspecified atom stereocenters. The lowest BCUT2D eigenvalue weighted by Gasteiger charge is -2.13. The third-order valence-corrected chi connectivity index (χ3v) is 4.79. The van der Waals surface area contributed by atoms with E-state index in [4.69, 9.17) is 33.2 Å². The summed E-state index contributed by atoms with van der Waals surface area (Å²) in [5, 5.41) is 0. The van der Waals surface area contributed by atoms with E-state index in [1.165, 1.54) is 4.90 Å². The van der Waals surface area contributed by atoms with E-state index in [9.17, 15) is 14.0 Å². The monoisotopic (exact) mass is 501 g/mol. The van der Waals surface area contributed by atoms with Crippen LogP contribution < -0.4 is 0 Å². The Morgan fingerprint density at radius 3 is 1.17 bits per heavy atom. The van der Waals surface area contributed by atoms with E-state index >= 15 is 0 Å². The third kappa shape index (κ3) is 12.0. The van der Waals surface area contributed by atoms with Gasteiger partial charge in [0.2, 0.25) is 0 Å². The molecular formula is C24H36FNO9. The van der Waals surface area contributed by atoms with Crippen molar-refractivity contribution in [3.63, 3.8) is 0 Å². The number of hydrogen-bond donors (Lipinski definition) is 0. The Morgan fingerprint density at radius 1 is 0.514 bits per heavy atom. The van der Waals surface area contributed by atoms with Crippen LogP contribution in [0.1, 0.15) is 20.7 Å². The summed E-state index contributed by atoms with van der Waals surface area (Å²) in [5.41, 5.74) is 0.881. The zero-order valence-corrected chi connectivity index (χ0v) is 20.1. The molecule has 1 aromatic rings. The van der Waals surface area contributed by atoms with Gasteiger partial charge < -0.3 is 33.2 Å².